The number of hydrogen-bond donors (Lipinski definition) is 6. The van der Waals surface area contributed by atoms with Crippen molar-refractivity contribution < 1.29 is 0 Å². The number of fused-ring (bicyclic) bond motifs is 2. The second kappa shape index (κ2) is 32.7. The molecule has 0 atom stereocenters. The summed E-state index contributed by atoms with van der Waals surface area (Å²) in [4.78, 5) is 29.6. The molecule has 12 rings (SSSR count). The topological polar surface area (TPSA) is 194 Å². The molecule has 0 unspecified atom stereocenters. The van der Waals surface area contributed by atoms with Crippen LogP contribution in [-0.2, 0) is 0 Å². The first-order chi connectivity index (χ1) is 35.4. The van der Waals surface area contributed by atoms with Crippen LogP contribution in [0.2, 0.25) is 0 Å². The van der Waals surface area contributed by atoms with Gasteiger partial charge in [-0.2, -0.15) is 19.9 Å². The van der Waals surface area contributed by atoms with E-state index >= 15 is 0 Å². The van der Waals surface area contributed by atoms with Crippen LogP contribution in [0.3, 0.4) is 0 Å². The van der Waals surface area contributed by atoms with Crippen LogP contribution in [-0.4, -0.2) is 99.4 Å². The summed E-state index contributed by atoms with van der Waals surface area (Å²) in [5.41, 5.74) is 23.4. The highest BCUT2D eigenvalue weighted by molar-refractivity contribution is 5.87. The fourth-order valence-electron chi connectivity index (χ4n) is 14.6. The molecule has 0 spiro atoms. The van der Waals surface area contributed by atoms with Gasteiger partial charge in [-0.3, -0.25) is 0 Å². The lowest BCUT2D eigenvalue weighted by Crippen LogP contribution is -2.39. The minimum absolute atomic E-state index is 0. The van der Waals surface area contributed by atoms with Gasteiger partial charge < -0.3 is 42.1 Å². The van der Waals surface area contributed by atoms with Crippen LogP contribution in [0, 0.1) is 23.7 Å². The monoisotopic (exact) mass is 1200 g/mol. The fourth-order valence-corrected chi connectivity index (χ4v) is 14.6. The number of piperidine rings is 2. The average molecular weight is 1210 g/mol. The summed E-state index contributed by atoms with van der Waals surface area (Å²) in [7, 11) is 0. The Balaban J connectivity index is 0.000000267. The second-order valence-electron chi connectivity index (χ2n) is 24.4. The first-order valence-corrected chi connectivity index (χ1v) is 30.0. The maximum atomic E-state index is 6.14. The number of imidazole rings is 2. The van der Waals surface area contributed by atoms with Crippen molar-refractivity contribution in [1.29, 1.82) is 0 Å². The zero-order chi connectivity index (χ0) is 48.6. The van der Waals surface area contributed by atoms with E-state index in [0.29, 0.717) is 36.3 Å². The van der Waals surface area contributed by atoms with E-state index in [1.165, 1.54) is 154 Å². The van der Waals surface area contributed by atoms with Gasteiger partial charge in [0.2, 0.25) is 11.9 Å². The Morgan fingerprint density at radius 3 is 1.05 bits per heavy atom. The number of aromatic nitrogens is 8. The molecule has 78 heavy (non-hydrogen) atoms. The van der Waals surface area contributed by atoms with Crippen molar-refractivity contribution in [3.8, 4) is 0 Å². The Hall–Kier alpha value is -2.12. The summed E-state index contributed by atoms with van der Waals surface area (Å²) in [6.45, 7) is 4.32. The molecule has 16 nitrogen and oxygen atoms in total. The molecule has 6 heterocycles. The first-order valence-electron chi connectivity index (χ1n) is 30.0. The molecule has 8 fully saturated rings. The zero-order valence-electron chi connectivity index (χ0n) is 46.5. The van der Waals surface area contributed by atoms with Crippen molar-refractivity contribution in [2.75, 3.05) is 47.7 Å². The molecule has 0 radical (unpaired) electrons. The van der Waals surface area contributed by atoms with Gasteiger partial charge >= 0.3 is 0 Å². The number of hydrogen-bond acceptors (Lipinski definition) is 14. The maximum Gasteiger partial charge on any atom is 0.227 e. The van der Waals surface area contributed by atoms with Gasteiger partial charge in [-0.25, -0.2) is 20.0 Å². The Morgan fingerprint density at radius 2 is 0.705 bits per heavy atom. The number of hydrazine groups is 2. The van der Waals surface area contributed by atoms with Crippen LogP contribution in [0.15, 0.2) is 12.7 Å². The van der Waals surface area contributed by atoms with Crippen LogP contribution in [0.5, 0.6) is 0 Å². The van der Waals surface area contributed by atoms with E-state index in [2.05, 4.69) is 40.6 Å². The molecule has 0 amide bonds. The van der Waals surface area contributed by atoms with E-state index in [9.17, 15) is 0 Å². The minimum Gasteiger partial charge on any atom is -0.351 e. The summed E-state index contributed by atoms with van der Waals surface area (Å²) in [6.07, 6.45) is 45.2. The van der Waals surface area contributed by atoms with Gasteiger partial charge in [-0.1, -0.05) is 89.9 Å². The molecule has 8 N–H and O–H groups in total. The van der Waals surface area contributed by atoms with Crippen molar-refractivity contribution in [2.24, 2.45) is 35.1 Å². The van der Waals surface area contributed by atoms with Crippen molar-refractivity contribution in [2.45, 2.75) is 242 Å². The Labute approximate surface area is 503 Å². The summed E-state index contributed by atoms with van der Waals surface area (Å²) < 4.78 is 4.63. The molecule has 22 heteroatoms. The molecule has 0 aromatic carbocycles. The maximum absolute atomic E-state index is 6.14. The van der Waals surface area contributed by atoms with E-state index in [4.69, 9.17) is 41.4 Å². The number of nitrogens with zero attached hydrogens (tertiary/aromatic N) is 10. The molecule has 2 saturated heterocycles. The molecular formula is C56H98Cl6N16. The van der Waals surface area contributed by atoms with Crippen molar-refractivity contribution in [1.82, 2.24) is 49.1 Å². The number of nitrogens with two attached hydrogens (primary N) is 2. The van der Waals surface area contributed by atoms with Crippen LogP contribution < -0.4 is 33.0 Å². The van der Waals surface area contributed by atoms with Gasteiger partial charge in [-0.05, 0) is 139 Å². The van der Waals surface area contributed by atoms with Gasteiger partial charge in [0.1, 0.15) is 0 Å². The highest BCUT2D eigenvalue weighted by Gasteiger charge is 2.30. The number of halogens is 6. The van der Waals surface area contributed by atoms with Crippen molar-refractivity contribution in [3.05, 3.63) is 12.7 Å². The van der Waals surface area contributed by atoms with Gasteiger partial charge in [0.25, 0.3) is 0 Å². The Kier molecular flexibility index (Phi) is 27.9. The highest BCUT2D eigenvalue weighted by atomic mass is 35.5. The van der Waals surface area contributed by atoms with Gasteiger partial charge in [-0.15, -0.1) is 74.4 Å². The van der Waals surface area contributed by atoms with E-state index in [1.807, 2.05) is 12.7 Å². The minimum atomic E-state index is 0. The summed E-state index contributed by atoms with van der Waals surface area (Å²) in [5, 5.41) is 12.1. The summed E-state index contributed by atoms with van der Waals surface area (Å²) >= 11 is 0. The molecule has 444 valence electrons. The molecule has 6 saturated carbocycles. The van der Waals surface area contributed by atoms with E-state index < -0.39 is 0 Å². The van der Waals surface area contributed by atoms with Gasteiger partial charge in [0.05, 0.1) is 12.7 Å². The predicted octanol–water partition coefficient (Wildman–Crippen LogP) is 13.8. The molecule has 8 aliphatic rings. The van der Waals surface area contributed by atoms with E-state index in [0.717, 1.165) is 147 Å². The van der Waals surface area contributed by atoms with E-state index in [1.54, 1.807) is 0 Å². The average Bonchev–Trinajstić information content (AvgIpc) is 4.31. The van der Waals surface area contributed by atoms with Crippen LogP contribution >= 0.6 is 74.4 Å². The normalized spacial score (nSPS) is 25.5. The van der Waals surface area contributed by atoms with Crippen LogP contribution in [0.4, 0.5) is 23.5 Å². The summed E-state index contributed by atoms with van der Waals surface area (Å²) in [6, 6.07) is 2.49. The van der Waals surface area contributed by atoms with E-state index in [-0.39, 0.29) is 74.4 Å². The zero-order valence-corrected chi connectivity index (χ0v) is 51.4. The molecular weight excluding hydrogens is 1110 g/mol. The standard InChI is InChI=1S/2C28H46N8.6ClH/c2*29-22-10-12-23(13-11-22)31-28-32-26(25-27(33-28)36(19-30-25)24-8-4-5-9-24)34-35-16-14-21(15-17-35)18-20-6-2-1-3-7-20;;;;;;/h2*19-24H,1-18,29H2,(H2,31,32,33,34);6*1H. The molecule has 4 aromatic rings. The van der Waals surface area contributed by atoms with Gasteiger partial charge in [0.15, 0.2) is 34.0 Å². The largest absolute Gasteiger partial charge is 0.351 e. The lowest BCUT2D eigenvalue weighted by atomic mass is 9.80. The van der Waals surface area contributed by atoms with Crippen LogP contribution in [0.25, 0.3) is 22.3 Å². The number of rotatable bonds is 14. The lowest BCUT2D eigenvalue weighted by Gasteiger charge is -2.34. The number of anilines is 4. The molecule has 6 aliphatic carbocycles. The second-order valence-corrected chi connectivity index (χ2v) is 24.4. The first kappa shape index (κ1) is 66.7. The van der Waals surface area contributed by atoms with Crippen LogP contribution in [0.1, 0.15) is 218 Å². The van der Waals surface area contributed by atoms with Crippen molar-refractivity contribution >= 4 is 120 Å². The molecule has 0 bridgehead atoms. The van der Waals surface area contributed by atoms with Crippen molar-refractivity contribution in [3.63, 3.8) is 0 Å². The Morgan fingerprint density at radius 1 is 0.385 bits per heavy atom. The predicted molar refractivity (Wildman–Crippen MR) is 335 cm³/mol. The quantitative estimate of drug-likeness (QED) is 0.0698. The molecule has 2 aliphatic heterocycles. The molecule has 4 aromatic heterocycles. The summed E-state index contributed by atoms with van der Waals surface area (Å²) in [5.74, 6) is 6.91. The third kappa shape index (κ3) is 17.5. The van der Waals surface area contributed by atoms with Gasteiger partial charge in [0, 0.05) is 62.4 Å². The smallest absolute Gasteiger partial charge is 0.227 e. The third-order valence-electron chi connectivity index (χ3n) is 19.0. The fraction of sp³-hybridized carbons (Fsp3) is 0.821. The SMILES string of the molecule is Cl.Cl.Cl.Cl.Cl.Cl.NC1CCC(Nc2nc(NN3CCC(CC4CCCCC4)CC3)c3ncn(C4CCCC4)c3n2)CC1.NC1CCC(Nc2nc(NN3CCC(CC4CCCCC4)CC3)c3ncn(C4CCCC4)c3n2)CC1. The third-order valence-corrected chi connectivity index (χ3v) is 19.0. The number of nitrogens with one attached hydrogen (secondary N) is 4. The Bertz CT molecular complexity index is 2140. The highest BCUT2D eigenvalue weighted by Crippen LogP contribution is 2.38. The lowest BCUT2D eigenvalue weighted by molar-refractivity contribution is 0.180.